The van der Waals surface area contributed by atoms with Crippen LogP contribution < -0.4 is 0 Å². The molecule has 0 N–H and O–H groups in total. The lowest BCUT2D eigenvalue weighted by Gasteiger charge is -2.18. The Morgan fingerprint density at radius 1 is 0.224 bits per heavy atom. The van der Waals surface area contributed by atoms with Gasteiger partial charge in [-0.3, -0.25) is 0 Å². The van der Waals surface area contributed by atoms with Gasteiger partial charge in [-0.05, 0) is 62.0 Å². The van der Waals surface area contributed by atoms with Crippen molar-refractivity contribution in [1.29, 1.82) is 0 Å². The van der Waals surface area contributed by atoms with Crippen LogP contribution in [0.1, 0.15) is 0 Å². The summed E-state index contributed by atoms with van der Waals surface area (Å²) in [6.07, 6.45) is 0. The minimum absolute atomic E-state index is 1.22. The molecule has 0 saturated heterocycles. The van der Waals surface area contributed by atoms with E-state index in [0.717, 1.165) is 0 Å². The smallest absolute Gasteiger partial charge is 0.0620 e. The summed E-state index contributed by atoms with van der Waals surface area (Å²) in [4.78, 5) is 0. The Bertz CT molecular complexity index is 3770. The second-order valence-electron chi connectivity index (χ2n) is 15.9. The van der Waals surface area contributed by atoms with E-state index in [1.165, 1.54) is 131 Å². The van der Waals surface area contributed by atoms with Crippen molar-refractivity contribution < 1.29 is 0 Å². The van der Waals surface area contributed by atoms with Gasteiger partial charge in [-0.1, -0.05) is 176 Å². The molecule has 2 heteroatoms. The maximum absolute atomic E-state index is 2.53. The molecule has 14 aromatic rings. The minimum Gasteiger partial charge on any atom is -0.307 e. The topological polar surface area (TPSA) is 8.82 Å². The van der Waals surface area contributed by atoms with Crippen molar-refractivity contribution in [2.45, 2.75) is 0 Å². The molecule has 0 atom stereocenters. The Balaban J connectivity index is 1.15. The molecule has 0 bridgehead atoms. The van der Waals surface area contributed by atoms with E-state index in [1.807, 2.05) is 0 Å². The van der Waals surface area contributed by atoms with Crippen molar-refractivity contribution in [2.75, 3.05) is 0 Å². The number of benzene rings is 10. The van der Waals surface area contributed by atoms with Gasteiger partial charge in [0.2, 0.25) is 0 Å². The van der Waals surface area contributed by atoms with Gasteiger partial charge in [0.05, 0.1) is 33.1 Å². The van der Waals surface area contributed by atoms with Gasteiger partial charge < -0.3 is 8.80 Å². The molecule has 266 valence electrons. The molecule has 0 amide bonds. The van der Waals surface area contributed by atoms with Crippen LogP contribution in [0.25, 0.3) is 131 Å². The first-order valence-electron chi connectivity index (χ1n) is 20.2. The Morgan fingerprint density at radius 3 is 1.05 bits per heavy atom. The summed E-state index contributed by atoms with van der Waals surface area (Å²) in [5.74, 6) is 0. The van der Waals surface area contributed by atoms with Gasteiger partial charge in [0.25, 0.3) is 0 Å². The van der Waals surface area contributed by atoms with Gasteiger partial charge in [-0.15, -0.1) is 0 Å². The highest BCUT2D eigenvalue weighted by molar-refractivity contribution is 6.28. The molecule has 0 radical (unpaired) electrons. The summed E-state index contributed by atoms with van der Waals surface area (Å²) in [5, 5.41) is 15.4. The lowest BCUT2D eigenvalue weighted by molar-refractivity contribution is 1.37. The molecule has 0 spiro atoms. The maximum Gasteiger partial charge on any atom is 0.0620 e. The number of nitrogens with zero attached hydrogens (tertiary/aromatic N) is 2. The number of hydrogen-bond donors (Lipinski definition) is 0. The predicted molar refractivity (Wildman–Crippen MR) is 247 cm³/mol. The fourth-order valence-electron chi connectivity index (χ4n) is 10.9. The number of para-hydroxylation sites is 6. The van der Waals surface area contributed by atoms with Crippen LogP contribution in [0, 0.1) is 0 Å². The molecular weight excluding hydrogens is 701 g/mol. The van der Waals surface area contributed by atoms with E-state index in [0.29, 0.717) is 0 Å². The van der Waals surface area contributed by atoms with E-state index in [-0.39, 0.29) is 0 Å². The van der Waals surface area contributed by atoms with Crippen molar-refractivity contribution in [3.05, 3.63) is 194 Å². The normalized spacial score (nSPS) is 12.5. The number of fused-ring (bicyclic) bond motifs is 14. The van der Waals surface area contributed by atoms with Crippen molar-refractivity contribution in [3.63, 3.8) is 0 Å². The second kappa shape index (κ2) is 11.0. The highest BCUT2D eigenvalue weighted by Crippen LogP contribution is 2.48. The summed E-state index contributed by atoms with van der Waals surface area (Å²) >= 11 is 0. The van der Waals surface area contributed by atoms with E-state index in [4.69, 9.17) is 0 Å². The van der Waals surface area contributed by atoms with Crippen LogP contribution in [0.15, 0.2) is 194 Å². The first-order chi connectivity index (χ1) is 28.8. The molecule has 10 aromatic carbocycles. The van der Waals surface area contributed by atoms with Crippen molar-refractivity contribution in [3.8, 4) is 33.4 Å². The Hall–Kier alpha value is -7.68. The molecule has 2 nitrogen and oxygen atoms in total. The lowest BCUT2D eigenvalue weighted by atomic mass is 9.86. The van der Waals surface area contributed by atoms with Crippen LogP contribution >= 0.6 is 0 Å². The first-order valence-corrected chi connectivity index (χ1v) is 20.2. The van der Waals surface area contributed by atoms with Crippen LogP contribution in [0.3, 0.4) is 0 Å². The Labute approximate surface area is 332 Å². The van der Waals surface area contributed by atoms with Gasteiger partial charge >= 0.3 is 0 Å². The van der Waals surface area contributed by atoms with Gasteiger partial charge in [0.15, 0.2) is 0 Å². The first kappa shape index (κ1) is 30.5. The summed E-state index contributed by atoms with van der Waals surface area (Å²) < 4.78 is 5.06. The summed E-state index contributed by atoms with van der Waals surface area (Å²) in [5.41, 5.74) is 15.1. The standard InChI is InChI=1S/C56H32N2/c1-2-14-33(15-3-1)52-38-20-8-18-34(40-22-10-26-44-46-28-12-24-42-36-16-4-6-30-50(36)57(53(40)44)55(42)46)48(38)32-49-35(19-9-21-39(49)52)41-23-11-27-45-47-29-13-25-43-37-17-5-7-31-51(37)58(54(41)45)56(43)47/h1-32H. The van der Waals surface area contributed by atoms with Crippen molar-refractivity contribution in [2.24, 2.45) is 0 Å². The van der Waals surface area contributed by atoms with Crippen molar-refractivity contribution >= 4 is 97.7 Å². The highest BCUT2D eigenvalue weighted by atomic mass is 14.9. The van der Waals surface area contributed by atoms with E-state index >= 15 is 0 Å². The quantitative estimate of drug-likeness (QED) is 0.160. The molecular formula is C56H32N2. The van der Waals surface area contributed by atoms with Crippen LogP contribution in [0.5, 0.6) is 0 Å². The third-order valence-corrected chi connectivity index (χ3v) is 13.2. The van der Waals surface area contributed by atoms with Crippen molar-refractivity contribution in [1.82, 2.24) is 8.80 Å². The third kappa shape index (κ3) is 3.73. The zero-order valence-corrected chi connectivity index (χ0v) is 31.4. The monoisotopic (exact) mass is 732 g/mol. The molecule has 4 aromatic heterocycles. The van der Waals surface area contributed by atoms with Crippen LogP contribution in [0.2, 0.25) is 0 Å². The van der Waals surface area contributed by atoms with Crippen LogP contribution in [0.4, 0.5) is 0 Å². The van der Waals surface area contributed by atoms with Gasteiger partial charge in [0, 0.05) is 54.2 Å². The number of rotatable bonds is 3. The van der Waals surface area contributed by atoms with Crippen LogP contribution in [-0.2, 0) is 0 Å². The number of hydrogen-bond acceptors (Lipinski definition) is 0. The molecule has 14 rings (SSSR count). The third-order valence-electron chi connectivity index (χ3n) is 13.2. The van der Waals surface area contributed by atoms with Gasteiger partial charge in [-0.25, -0.2) is 0 Å². The Kier molecular flexibility index (Phi) is 5.79. The summed E-state index contributed by atoms with van der Waals surface area (Å²) in [6.45, 7) is 0. The maximum atomic E-state index is 2.53. The molecule has 0 aliphatic carbocycles. The Morgan fingerprint density at radius 2 is 0.569 bits per heavy atom. The average molecular weight is 733 g/mol. The molecule has 0 fully saturated rings. The average Bonchev–Trinajstić information content (AvgIpc) is 4.02. The molecule has 0 aliphatic rings. The zero-order chi connectivity index (χ0) is 37.6. The fraction of sp³-hybridized carbons (Fsp3) is 0. The fourth-order valence-corrected chi connectivity index (χ4v) is 10.9. The molecule has 0 saturated carbocycles. The largest absolute Gasteiger partial charge is 0.307 e. The predicted octanol–water partition coefficient (Wildman–Crippen LogP) is 15.3. The molecule has 4 heterocycles. The van der Waals surface area contributed by atoms with Gasteiger partial charge in [0.1, 0.15) is 0 Å². The molecule has 0 unspecified atom stereocenters. The second-order valence-corrected chi connectivity index (χ2v) is 15.9. The lowest BCUT2D eigenvalue weighted by Crippen LogP contribution is -1.92. The highest BCUT2D eigenvalue weighted by Gasteiger charge is 2.24. The van der Waals surface area contributed by atoms with E-state index in [2.05, 4.69) is 203 Å². The summed E-state index contributed by atoms with van der Waals surface area (Å²) in [6, 6.07) is 72.5. The number of aromatic nitrogens is 2. The van der Waals surface area contributed by atoms with E-state index in [1.54, 1.807) is 0 Å². The minimum atomic E-state index is 1.22. The van der Waals surface area contributed by atoms with E-state index < -0.39 is 0 Å². The van der Waals surface area contributed by atoms with Gasteiger partial charge in [-0.2, -0.15) is 0 Å². The zero-order valence-electron chi connectivity index (χ0n) is 31.4. The SMILES string of the molecule is c1ccc(-c2c3cccc(-c4cccc5c6cccc7c8ccccc8n(c45)c76)c3cc3c(-c4cccc5c6cccc7c8ccccc8n(c45)c76)cccc23)cc1. The van der Waals surface area contributed by atoms with E-state index in [9.17, 15) is 0 Å². The summed E-state index contributed by atoms with van der Waals surface area (Å²) in [7, 11) is 0. The molecule has 58 heavy (non-hydrogen) atoms. The van der Waals surface area contributed by atoms with Crippen LogP contribution in [-0.4, -0.2) is 8.80 Å². The molecule has 0 aliphatic heterocycles.